The van der Waals surface area contributed by atoms with Crippen molar-refractivity contribution in [3.63, 3.8) is 0 Å². The highest BCUT2D eigenvalue weighted by Gasteiger charge is 2.32. The second kappa shape index (κ2) is 4.69. The van der Waals surface area contributed by atoms with Crippen LogP contribution in [0.25, 0.3) is 11.1 Å². The number of fused-ring (bicyclic) bond motifs is 1. The van der Waals surface area contributed by atoms with Gasteiger partial charge in [-0.15, -0.1) is 0 Å². The molecule has 0 radical (unpaired) electrons. The van der Waals surface area contributed by atoms with Gasteiger partial charge in [0.25, 0.3) is 0 Å². The third-order valence-electron chi connectivity index (χ3n) is 4.60. The number of anilines is 1. The smallest absolute Gasteiger partial charge is 0.231 e. The number of nitrogens with two attached hydrogens (primary N) is 1. The van der Waals surface area contributed by atoms with Gasteiger partial charge in [-0.3, -0.25) is 0 Å². The van der Waals surface area contributed by atoms with Crippen molar-refractivity contribution in [3.05, 3.63) is 24.0 Å². The molecule has 1 aliphatic carbocycles. The van der Waals surface area contributed by atoms with Gasteiger partial charge in [-0.2, -0.15) is 0 Å². The molecule has 110 valence electrons. The van der Waals surface area contributed by atoms with Gasteiger partial charge in [0.15, 0.2) is 17.3 Å². The van der Waals surface area contributed by atoms with E-state index in [0.29, 0.717) is 17.7 Å². The van der Waals surface area contributed by atoms with Gasteiger partial charge in [-0.1, -0.05) is 24.6 Å². The maximum Gasteiger partial charge on any atom is 0.231 e. The Kier molecular flexibility index (Phi) is 2.80. The van der Waals surface area contributed by atoms with Gasteiger partial charge < -0.3 is 19.7 Å². The molecule has 2 heterocycles. The zero-order valence-electron chi connectivity index (χ0n) is 12.0. The van der Waals surface area contributed by atoms with Gasteiger partial charge >= 0.3 is 0 Å². The van der Waals surface area contributed by atoms with Crippen LogP contribution in [0.5, 0.6) is 11.5 Å². The summed E-state index contributed by atoms with van der Waals surface area (Å²) in [4.78, 5) is 0. The molecule has 4 rings (SSSR count). The van der Waals surface area contributed by atoms with E-state index in [4.69, 9.17) is 19.7 Å². The number of nitrogens with zero attached hydrogens (tertiary/aromatic N) is 1. The SMILES string of the molecule is CC1CCCC1c1onc(N)c1-c1ccc2c(c1)OCO2. The lowest BCUT2D eigenvalue weighted by molar-refractivity contribution is 0.174. The number of benzene rings is 1. The van der Waals surface area contributed by atoms with Crippen LogP contribution in [-0.4, -0.2) is 11.9 Å². The van der Waals surface area contributed by atoms with E-state index >= 15 is 0 Å². The van der Waals surface area contributed by atoms with Crippen molar-refractivity contribution in [2.75, 3.05) is 12.5 Å². The van der Waals surface area contributed by atoms with Crippen LogP contribution in [0.3, 0.4) is 0 Å². The highest BCUT2D eigenvalue weighted by molar-refractivity contribution is 5.78. The third kappa shape index (κ3) is 1.95. The van der Waals surface area contributed by atoms with Crippen molar-refractivity contribution in [2.24, 2.45) is 5.92 Å². The average molecular weight is 286 g/mol. The van der Waals surface area contributed by atoms with Crippen LogP contribution in [-0.2, 0) is 0 Å². The second-order valence-corrected chi connectivity index (χ2v) is 5.89. The van der Waals surface area contributed by atoms with Crippen LogP contribution in [0.15, 0.2) is 22.7 Å². The van der Waals surface area contributed by atoms with E-state index in [1.54, 1.807) is 0 Å². The summed E-state index contributed by atoms with van der Waals surface area (Å²) in [6.45, 7) is 2.53. The maximum atomic E-state index is 6.05. The summed E-state index contributed by atoms with van der Waals surface area (Å²) in [6.07, 6.45) is 3.59. The Labute approximate surface area is 123 Å². The fourth-order valence-corrected chi connectivity index (χ4v) is 3.45. The summed E-state index contributed by atoms with van der Waals surface area (Å²) in [5.74, 6) is 3.88. The second-order valence-electron chi connectivity index (χ2n) is 5.89. The molecule has 2 unspecified atom stereocenters. The number of rotatable bonds is 2. The Morgan fingerprint density at radius 3 is 2.86 bits per heavy atom. The van der Waals surface area contributed by atoms with E-state index in [1.807, 2.05) is 18.2 Å². The summed E-state index contributed by atoms with van der Waals surface area (Å²) in [5, 5.41) is 4.00. The molecule has 5 nitrogen and oxygen atoms in total. The van der Waals surface area contributed by atoms with Crippen LogP contribution in [0.4, 0.5) is 5.82 Å². The first kappa shape index (κ1) is 12.6. The molecule has 0 spiro atoms. The number of nitrogen functional groups attached to an aromatic ring is 1. The lowest BCUT2D eigenvalue weighted by Gasteiger charge is -2.13. The van der Waals surface area contributed by atoms with E-state index in [-0.39, 0.29) is 6.79 Å². The zero-order chi connectivity index (χ0) is 14.4. The Hall–Kier alpha value is -2.17. The fraction of sp³-hybridized carbons (Fsp3) is 0.438. The van der Waals surface area contributed by atoms with Crippen molar-refractivity contribution in [1.82, 2.24) is 5.16 Å². The molecular formula is C16H18N2O3. The fourth-order valence-electron chi connectivity index (χ4n) is 3.45. The molecule has 0 amide bonds. The Morgan fingerprint density at radius 1 is 1.19 bits per heavy atom. The molecule has 0 saturated heterocycles. The number of aromatic nitrogens is 1. The summed E-state index contributed by atoms with van der Waals surface area (Å²) in [6, 6.07) is 5.85. The van der Waals surface area contributed by atoms with Gasteiger partial charge in [0.1, 0.15) is 5.76 Å². The number of ether oxygens (including phenoxy) is 2. The molecule has 0 bridgehead atoms. The molecule has 1 aromatic carbocycles. The van der Waals surface area contributed by atoms with Crippen LogP contribution in [0, 0.1) is 5.92 Å². The lowest BCUT2D eigenvalue weighted by atomic mass is 9.90. The van der Waals surface area contributed by atoms with Crippen LogP contribution >= 0.6 is 0 Å². The van der Waals surface area contributed by atoms with Crippen molar-refractivity contribution in [1.29, 1.82) is 0 Å². The minimum atomic E-state index is 0.268. The van der Waals surface area contributed by atoms with Gasteiger partial charge in [0.05, 0.1) is 5.56 Å². The average Bonchev–Trinajstić information content (AvgIpc) is 3.17. The normalized spacial score (nSPS) is 23.7. The lowest BCUT2D eigenvalue weighted by Crippen LogP contribution is -2.02. The third-order valence-corrected chi connectivity index (χ3v) is 4.60. The molecule has 5 heteroatoms. The zero-order valence-corrected chi connectivity index (χ0v) is 12.0. The largest absolute Gasteiger partial charge is 0.454 e. The summed E-state index contributed by atoms with van der Waals surface area (Å²) in [5.41, 5.74) is 7.94. The standard InChI is InChI=1S/C16H18N2O3/c1-9-3-2-4-11(9)15-14(16(17)18-21-15)10-5-6-12-13(7-10)20-8-19-12/h5-7,9,11H,2-4,8H2,1H3,(H2,17,18). The quantitative estimate of drug-likeness (QED) is 0.914. The van der Waals surface area contributed by atoms with Gasteiger partial charge in [0.2, 0.25) is 6.79 Å². The van der Waals surface area contributed by atoms with Gasteiger partial charge in [0, 0.05) is 5.92 Å². The summed E-state index contributed by atoms with van der Waals surface area (Å²) in [7, 11) is 0. The summed E-state index contributed by atoms with van der Waals surface area (Å²) < 4.78 is 16.4. The first-order valence-corrected chi connectivity index (χ1v) is 7.39. The Balaban J connectivity index is 1.79. The predicted molar refractivity (Wildman–Crippen MR) is 78.2 cm³/mol. The van der Waals surface area contributed by atoms with E-state index in [1.165, 1.54) is 12.8 Å². The van der Waals surface area contributed by atoms with Crippen LogP contribution < -0.4 is 15.2 Å². The molecule has 1 aliphatic heterocycles. The van der Waals surface area contributed by atoms with E-state index in [0.717, 1.165) is 34.8 Å². The van der Waals surface area contributed by atoms with Crippen molar-refractivity contribution in [3.8, 4) is 22.6 Å². The Morgan fingerprint density at radius 2 is 2.05 bits per heavy atom. The molecule has 2 aromatic rings. The maximum absolute atomic E-state index is 6.05. The highest BCUT2D eigenvalue weighted by Crippen LogP contribution is 2.46. The minimum Gasteiger partial charge on any atom is -0.454 e. The number of hydrogen-bond acceptors (Lipinski definition) is 5. The first-order chi connectivity index (χ1) is 10.2. The van der Waals surface area contributed by atoms with E-state index < -0.39 is 0 Å². The molecule has 2 aliphatic rings. The van der Waals surface area contributed by atoms with E-state index in [9.17, 15) is 0 Å². The van der Waals surface area contributed by atoms with Gasteiger partial charge in [-0.05, 0) is 36.5 Å². The highest BCUT2D eigenvalue weighted by atomic mass is 16.7. The number of hydrogen-bond donors (Lipinski definition) is 1. The molecule has 2 atom stereocenters. The molecule has 1 aromatic heterocycles. The molecule has 2 N–H and O–H groups in total. The topological polar surface area (TPSA) is 70.5 Å². The Bertz CT molecular complexity index is 680. The molecule has 1 fully saturated rings. The van der Waals surface area contributed by atoms with Crippen molar-refractivity contribution in [2.45, 2.75) is 32.1 Å². The minimum absolute atomic E-state index is 0.268. The van der Waals surface area contributed by atoms with Crippen LogP contribution in [0.2, 0.25) is 0 Å². The molecule has 1 saturated carbocycles. The molecule has 21 heavy (non-hydrogen) atoms. The van der Waals surface area contributed by atoms with Crippen molar-refractivity contribution >= 4 is 5.82 Å². The monoisotopic (exact) mass is 286 g/mol. The van der Waals surface area contributed by atoms with Crippen molar-refractivity contribution < 1.29 is 14.0 Å². The van der Waals surface area contributed by atoms with Crippen LogP contribution in [0.1, 0.15) is 37.9 Å². The molecular weight excluding hydrogens is 268 g/mol. The first-order valence-electron chi connectivity index (χ1n) is 7.39. The summed E-state index contributed by atoms with van der Waals surface area (Å²) >= 11 is 0. The van der Waals surface area contributed by atoms with E-state index in [2.05, 4.69) is 12.1 Å². The van der Waals surface area contributed by atoms with Gasteiger partial charge in [-0.25, -0.2) is 0 Å². The predicted octanol–water partition coefficient (Wildman–Crippen LogP) is 3.56.